The number of rotatable bonds is 13. The summed E-state index contributed by atoms with van der Waals surface area (Å²) in [4.78, 5) is 0. The van der Waals surface area contributed by atoms with Crippen molar-refractivity contribution >= 4 is 7.91 Å². The van der Waals surface area contributed by atoms with E-state index in [1.165, 1.54) is 69.8 Å². The summed E-state index contributed by atoms with van der Waals surface area (Å²) in [5.41, 5.74) is 1.24. The molecule has 1 aromatic carbocycles. The Morgan fingerprint density at radius 2 is 1.27 bits per heavy atom. The molecule has 0 aliphatic carbocycles. The van der Waals surface area contributed by atoms with Gasteiger partial charge in [0.05, 0.1) is 0 Å². The van der Waals surface area contributed by atoms with Gasteiger partial charge in [0.15, 0.2) is 0 Å². The first-order valence-electron chi connectivity index (χ1n) is 8.63. The maximum Gasteiger partial charge on any atom is 0.529 e. The highest BCUT2D eigenvalue weighted by Crippen LogP contribution is 2.20. The molecule has 1 rings (SSSR count). The van der Waals surface area contributed by atoms with Crippen LogP contribution in [0.3, 0.4) is 0 Å². The third kappa shape index (κ3) is 9.78. The Morgan fingerprint density at radius 1 is 0.773 bits per heavy atom. The van der Waals surface area contributed by atoms with E-state index in [1.807, 2.05) is 12.1 Å². The van der Waals surface area contributed by atoms with Crippen LogP contribution in [0.4, 0.5) is 0 Å². The van der Waals surface area contributed by atoms with Crippen LogP contribution in [0.25, 0.3) is 0 Å². The van der Waals surface area contributed by atoms with Gasteiger partial charge >= 0.3 is 7.91 Å². The Hall–Kier alpha value is -1.08. The predicted octanol–water partition coefficient (Wildman–Crippen LogP) is 6.62. The Bertz CT molecular complexity index is 444. The molecule has 0 atom stereocenters. The van der Waals surface area contributed by atoms with Crippen molar-refractivity contribution in [2.75, 3.05) is 0 Å². The van der Waals surface area contributed by atoms with E-state index in [1.54, 1.807) is 12.1 Å². The minimum Gasteiger partial charge on any atom is -0.387 e. The minimum absolute atomic E-state index is 0.392. The fraction of sp³-hybridized carbons (Fsp3) is 0.667. The molecule has 0 spiro atoms. The molecule has 1 aromatic rings. The average molecular weight is 324 g/mol. The zero-order chi connectivity index (χ0) is 16.0. The van der Waals surface area contributed by atoms with Crippen LogP contribution in [-0.4, -0.2) is 0 Å². The minimum atomic E-state index is -2.81. The van der Waals surface area contributed by atoms with E-state index in [0.717, 1.165) is 6.42 Å². The van der Waals surface area contributed by atoms with Crippen molar-refractivity contribution in [3.8, 4) is 5.75 Å². The summed E-state index contributed by atoms with van der Waals surface area (Å²) in [7, 11) is -2.81. The van der Waals surface area contributed by atoms with Gasteiger partial charge in [-0.25, -0.2) is 0 Å². The summed E-state index contributed by atoms with van der Waals surface area (Å²) in [6, 6.07) is 7.33. The third-order valence-corrected chi connectivity index (χ3v) is 4.28. The van der Waals surface area contributed by atoms with E-state index >= 15 is 0 Å². The van der Waals surface area contributed by atoms with Crippen molar-refractivity contribution in [3.05, 3.63) is 29.8 Å². The van der Waals surface area contributed by atoms with Crippen LogP contribution in [-0.2, 0) is 15.6 Å². The molecule has 0 aliphatic heterocycles. The van der Waals surface area contributed by atoms with E-state index in [-0.39, 0.29) is 0 Å². The van der Waals surface area contributed by atoms with E-state index < -0.39 is 7.91 Å². The maximum atomic E-state index is 10.4. The van der Waals surface area contributed by atoms with Gasteiger partial charge in [-0.1, -0.05) is 76.8 Å². The second-order valence-corrected chi connectivity index (χ2v) is 6.52. The largest absolute Gasteiger partial charge is 0.529 e. The van der Waals surface area contributed by atoms with Gasteiger partial charge < -0.3 is 4.52 Å². The fourth-order valence-electron chi connectivity index (χ4n) is 2.62. The average Bonchev–Trinajstić information content (AvgIpc) is 2.50. The van der Waals surface area contributed by atoms with Gasteiger partial charge in [-0.3, -0.25) is 0 Å². The van der Waals surface area contributed by atoms with Gasteiger partial charge in [-0.15, -0.1) is 0 Å². The molecule has 0 aliphatic rings. The molecule has 0 fully saturated rings. The lowest BCUT2D eigenvalue weighted by Gasteiger charge is -2.04. The van der Waals surface area contributed by atoms with Gasteiger partial charge in [0.1, 0.15) is 5.75 Å². The van der Waals surface area contributed by atoms with E-state index in [9.17, 15) is 9.13 Å². The Balaban J connectivity index is 2.00. The number of hydrogen-bond acceptors (Lipinski definition) is 3. The lowest BCUT2D eigenvalue weighted by molar-refractivity contribution is 0.438. The van der Waals surface area contributed by atoms with Crippen LogP contribution in [0.2, 0.25) is 0 Å². The van der Waals surface area contributed by atoms with Gasteiger partial charge in [0, 0.05) is 0 Å². The van der Waals surface area contributed by atoms with Crippen molar-refractivity contribution < 1.29 is 13.7 Å². The van der Waals surface area contributed by atoms with Gasteiger partial charge in [0.2, 0.25) is 0 Å². The SMILES string of the molecule is CCCCCCCCCCCCc1ccc(OP(=O)=O)cc1. The van der Waals surface area contributed by atoms with Crippen molar-refractivity contribution in [3.63, 3.8) is 0 Å². The zero-order valence-corrected chi connectivity index (χ0v) is 14.7. The molecule has 0 radical (unpaired) electrons. The normalized spacial score (nSPS) is 10.6. The highest BCUT2D eigenvalue weighted by Gasteiger charge is 1.99. The third-order valence-electron chi connectivity index (χ3n) is 3.92. The van der Waals surface area contributed by atoms with Gasteiger partial charge in [-0.2, -0.15) is 9.13 Å². The molecule has 0 N–H and O–H groups in total. The van der Waals surface area contributed by atoms with Crippen LogP contribution in [0.1, 0.15) is 76.7 Å². The quantitative estimate of drug-likeness (QED) is 0.302. The molecule has 0 saturated heterocycles. The van der Waals surface area contributed by atoms with Crippen LogP contribution < -0.4 is 4.52 Å². The lowest BCUT2D eigenvalue weighted by Crippen LogP contribution is -1.87. The Morgan fingerprint density at radius 3 is 1.77 bits per heavy atom. The monoisotopic (exact) mass is 324 g/mol. The molecule has 4 heteroatoms. The number of unbranched alkanes of at least 4 members (excludes halogenated alkanes) is 9. The molecular weight excluding hydrogens is 295 g/mol. The second kappa shape index (κ2) is 12.5. The maximum absolute atomic E-state index is 10.4. The van der Waals surface area contributed by atoms with E-state index in [0.29, 0.717) is 5.75 Å². The van der Waals surface area contributed by atoms with E-state index in [2.05, 4.69) is 11.4 Å². The second-order valence-electron chi connectivity index (χ2n) is 5.89. The first-order valence-corrected chi connectivity index (χ1v) is 9.73. The van der Waals surface area contributed by atoms with Crippen molar-refractivity contribution in [1.29, 1.82) is 0 Å². The molecule has 22 heavy (non-hydrogen) atoms. The van der Waals surface area contributed by atoms with Crippen molar-refractivity contribution in [2.24, 2.45) is 0 Å². The topological polar surface area (TPSA) is 43.4 Å². The van der Waals surface area contributed by atoms with Crippen LogP contribution in [0, 0.1) is 0 Å². The highest BCUT2D eigenvalue weighted by atomic mass is 31.1. The number of aryl methyl sites for hydroxylation is 1. The molecule has 3 nitrogen and oxygen atoms in total. The standard InChI is InChI=1S/C18H29O3P/c1-2-3-4-5-6-7-8-9-10-11-12-17-13-15-18(16-14-17)21-22(19)20/h13-16H,2-12H2,1H3. The molecule has 0 amide bonds. The number of benzene rings is 1. The van der Waals surface area contributed by atoms with Crippen LogP contribution in [0.5, 0.6) is 5.75 Å². The smallest absolute Gasteiger partial charge is 0.387 e. The number of hydrogen-bond donors (Lipinski definition) is 0. The molecular formula is C18H29O3P. The first kappa shape index (κ1) is 19.0. The molecule has 0 unspecified atom stereocenters. The summed E-state index contributed by atoms with van der Waals surface area (Å²) < 4.78 is 25.5. The molecule has 0 heterocycles. The summed E-state index contributed by atoms with van der Waals surface area (Å²) in [6.07, 6.45) is 14.5. The highest BCUT2D eigenvalue weighted by molar-refractivity contribution is 7.25. The van der Waals surface area contributed by atoms with Crippen molar-refractivity contribution in [1.82, 2.24) is 0 Å². The Labute approximate surface area is 135 Å². The zero-order valence-electron chi connectivity index (χ0n) is 13.8. The predicted molar refractivity (Wildman–Crippen MR) is 90.9 cm³/mol. The van der Waals surface area contributed by atoms with Gasteiger partial charge in [-0.05, 0) is 30.5 Å². The molecule has 0 bridgehead atoms. The summed E-state index contributed by atoms with van der Waals surface area (Å²) >= 11 is 0. The molecule has 124 valence electrons. The molecule has 0 saturated carbocycles. The van der Waals surface area contributed by atoms with Crippen LogP contribution >= 0.6 is 7.91 Å². The van der Waals surface area contributed by atoms with Crippen molar-refractivity contribution in [2.45, 2.75) is 77.6 Å². The lowest BCUT2D eigenvalue weighted by atomic mass is 10.0. The van der Waals surface area contributed by atoms with Gasteiger partial charge in [0.25, 0.3) is 0 Å². The van der Waals surface area contributed by atoms with Crippen LogP contribution in [0.15, 0.2) is 24.3 Å². The Kier molecular flexibility index (Phi) is 10.7. The summed E-state index contributed by atoms with van der Waals surface area (Å²) in [6.45, 7) is 2.26. The van der Waals surface area contributed by atoms with E-state index in [4.69, 9.17) is 0 Å². The summed E-state index contributed by atoms with van der Waals surface area (Å²) in [5.74, 6) is 0.392. The summed E-state index contributed by atoms with van der Waals surface area (Å²) in [5, 5.41) is 0. The first-order chi connectivity index (χ1) is 10.7. The fourth-order valence-corrected chi connectivity index (χ4v) is 2.91. The molecule has 0 aromatic heterocycles.